The summed E-state index contributed by atoms with van der Waals surface area (Å²) in [7, 11) is 0. The fourth-order valence-corrected chi connectivity index (χ4v) is 5.83. The predicted molar refractivity (Wildman–Crippen MR) is 154 cm³/mol. The van der Waals surface area contributed by atoms with Crippen molar-refractivity contribution in [3.63, 3.8) is 0 Å². The van der Waals surface area contributed by atoms with E-state index in [2.05, 4.69) is 111 Å². The molecule has 0 atom stereocenters. The minimum Gasteiger partial charge on any atom is -0.0766 e. The molecular weight excluding hydrogens is 420 g/mol. The van der Waals surface area contributed by atoms with Crippen molar-refractivity contribution in [3.05, 3.63) is 91.4 Å². The monoisotopic (exact) mass is 462 g/mol. The normalized spacial score (nSPS) is 16.8. The highest BCUT2D eigenvalue weighted by molar-refractivity contribution is 5.88. The van der Waals surface area contributed by atoms with Gasteiger partial charge in [-0.25, -0.2) is 0 Å². The zero-order valence-corrected chi connectivity index (χ0v) is 23.3. The molecular formula is C35H42. The molecule has 182 valence electrons. The molecule has 0 N–H and O–H groups in total. The van der Waals surface area contributed by atoms with Crippen molar-refractivity contribution in [1.29, 1.82) is 0 Å². The first-order chi connectivity index (χ1) is 16.4. The third-order valence-electron chi connectivity index (χ3n) is 8.21. The largest absolute Gasteiger partial charge is 0.0766 e. The molecule has 0 spiro atoms. The van der Waals surface area contributed by atoms with Crippen LogP contribution in [0, 0.1) is 11.8 Å². The van der Waals surface area contributed by atoms with E-state index in [1.165, 1.54) is 66.1 Å². The van der Waals surface area contributed by atoms with E-state index in [4.69, 9.17) is 0 Å². The van der Waals surface area contributed by atoms with Gasteiger partial charge in [0.2, 0.25) is 0 Å². The number of hydrogen-bond acceptors (Lipinski definition) is 0. The number of fused-ring (bicyclic) bond motifs is 3. The molecule has 0 unspecified atom stereocenters. The Morgan fingerprint density at radius 3 is 2.06 bits per heavy atom. The number of benzene rings is 2. The van der Waals surface area contributed by atoms with E-state index >= 15 is 0 Å². The molecule has 0 aromatic heterocycles. The lowest BCUT2D eigenvalue weighted by Crippen LogP contribution is -2.33. The van der Waals surface area contributed by atoms with Crippen LogP contribution in [0.1, 0.15) is 108 Å². The highest BCUT2D eigenvalue weighted by Gasteiger charge is 2.27. The van der Waals surface area contributed by atoms with E-state index in [-0.39, 0.29) is 5.41 Å². The molecule has 0 saturated heterocycles. The van der Waals surface area contributed by atoms with Gasteiger partial charge in [-0.05, 0) is 102 Å². The van der Waals surface area contributed by atoms with Crippen LogP contribution in [0.2, 0.25) is 0 Å². The molecule has 3 aliphatic rings. The molecule has 0 nitrogen and oxygen atoms in total. The first-order valence-electron chi connectivity index (χ1n) is 13.6. The average Bonchev–Trinajstić information content (AvgIpc) is 3.14. The minimum absolute atomic E-state index is 0.102. The average molecular weight is 463 g/mol. The summed E-state index contributed by atoms with van der Waals surface area (Å²) in [5.74, 6) is 1.52. The Labute approximate surface area is 212 Å². The van der Waals surface area contributed by atoms with E-state index in [1.54, 1.807) is 0 Å². The molecule has 0 saturated carbocycles. The van der Waals surface area contributed by atoms with Crippen LogP contribution in [0.5, 0.6) is 0 Å². The molecule has 0 heterocycles. The summed E-state index contributed by atoms with van der Waals surface area (Å²) in [5, 5.41) is 2.89. The fraction of sp³-hybridized carbons (Fsp3) is 0.429. The van der Waals surface area contributed by atoms with Crippen LogP contribution in [0.15, 0.2) is 47.6 Å². The molecule has 35 heavy (non-hydrogen) atoms. The molecule has 0 amide bonds. The van der Waals surface area contributed by atoms with Gasteiger partial charge >= 0.3 is 0 Å². The maximum Gasteiger partial charge on any atom is -0.000751 e. The van der Waals surface area contributed by atoms with E-state index in [9.17, 15) is 0 Å². The highest BCUT2D eigenvalue weighted by atomic mass is 14.3. The van der Waals surface area contributed by atoms with Gasteiger partial charge in [-0.2, -0.15) is 0 Å². The van der Waals surface area contributed by atoms with Gasteiger partial charge in [-0.1, -0.05) is 111 Å². The van der Waals surface area contributed by atoms with Crippen molar-refractivity contribution in [1.82, 2.24) is 0 Å². The van der Waals surface area contributed by atoms with Crippen molar-refractivity contribution in [2.45, 2.75) is 86.5 Å². The lowest BCUT2D eigenvalue weighted by molar-refractivity contribution is 0.589. The van der Waals surface area contributed by atoms with Crippen molar-refractivity contribution >= 4 is 23.3 Å². The van der Waals surface area contributed by atoms with E-state index in [0.717, 1.165) is 12.8 Å². The van der Waals surface area contributed by atoms with Crippen molar-refractivity contribution in [2.75, 3.05) is 0 Å². The van der Waals surface area contributed by atoms with Crippen molar-refractivity contribution in [3.8, 4) is 0 Å². The summed E-state index contributed by atoms with van der Waals surface area (Å²) in [5.41, 5.74) is 14.8. The maximum atomic E-state index is 2.52. The summed E-state index contributed by atoms with van der Waals surface area (Å²) in [6, 6.07) is 10.0. The van der Waals surface area contributed by atoms with Crippen LogP contribution >= 0.6 is 0 Å². The molecule has 0 fully saturated rings. The van der Waals surface area contributed by atoms with Gasteiger partial charge in [-0.15, -0.1) is 0 Å². The second kappa shape index (κ2) is 8.51. The van der Waals surface area contributed by atoms with E-state index < -0.39 is 0 Å². The molecule has 2 aromatic rings. The van der Waals surface area contributed by atoms with Crippen LogP contribution in [0.4, 0.5) is 0 Å². The Morgan fingerprint density at radius 1 is 0.714 bits per heavy atom. The third kappa shape index (κ3) is 4.20. The zero-order chi connectivity index (χ0) is 25.2. The van der Waals surface area contributed by atoms with Gasteiger partial charge in [0.05, 0.1) is 0 Å². The number of hydrogen-bond donors (Lipinski definition) is 0. The molecule has 0 radical (unpaired) electrons. The lowest BCUT2D eigenvalue weighted by Gasteiger charge is -2.22. The van der Waals surface area contributed by atoms with Crippen molar-refractivity contribution < 1.29 is 0 Å². The Balaban J connectivity index is 2.00. The summed E-state index contributed by atoms with van der Waals surface area (Å²) in [4.78, 5) is 0. The van der Waals surface area contributed by atoms with Crippen LogP contribution in [0.3, 0.4) is 0 Å². The second-order valence-corrected chi connectivity index (χ2v) is 12.9. The van der Waals surface area contributed by atoms with E-state index in [1.807, 2.05) is 0 Å². The van der Waals surface area contributed by atoms with Crippen LogP contribution < -0.4 is 10.4 Å². The van der Waals surface area contributed by atoms with Gasteiger partial charge in [0, 0.05) is 0 Å². The topological polar surface area (TPSA) is 0 Å². The molecule has 0 heteroatoms. The van der Waals surface area contributed by atoms with Gasteiger partial charge in [-0.3, -0.25) is 0 Å². The molecule has 2 aromatic carbocycles. The van der Waals surface area contributed by atoms with Gasteiger partial charge < -0.3 is 0 Å². The first-order valence-corrected chi connectivity index (χ1v) is 13.6. The molecule has 5 rings (SSSR count). The van der Waals surface area contributed by atoms with Gasteiger partial charge in [0.1, 0.15) is 0 Å². The van der Waals surface area contributed by atoms with Crippen LogP contribution in [-0.4, -0.2) is 0 Å². The summed E-state index contributed by atoms with van der Waals surface area (Å²) >= 11 is 0. The summed E-state index contributed by atoms with van der Waals surface area (Å²) in [6.45, 7) is 21.0. The van der Waals surface area contributed by atoms with Crippen LogP contribution in [-0.2, 0) is 11.8 Å². The van der Waals surface area contributed by atoms with Crippen LogP contribution in [0.25, 0.3) is 23.3 Å². The number of rotatable bonds is 3. The number of allylic oxidation sites excluding steroid dienone is 5. The van der Waals surface area contributed by atoms with Gasteiger partial charge in [0.15, 0.2) is 0 Å². The smallest absolute Gasteiger partial charge is 0.000751 e. The zero-order valence-electron chi connectivity index (χ0n) is 23.3. The van der Waals surface area contributed by atoms with Gasteiger partial charge in [0.25, 0.3) is 0 Å². The Kier molecular flexibility index (Phi) is 5.86. The van der Waals surface area contributed by atoms with Crippen molar-refractivity contribution in [2.24, 2.45) is 11.8 Å². The summed E-state index contributed by atoms with van der Waals surface area (Å²) in [6.07, 6.45) is 12.0. The first kappa shape index (κ1) is 24.1. The minimum atomic E-state index is 0.102. The highest BCUT2D eigenvalue weighted by Crippen LogP contribution is 2.40. The third-order valence-corrected chi connectivity index (χ3v) is 8.21. The second-order valence-electron chi connectivity index (χ2n) is 12.9. The molecule has 0 aliphatic heterocycles. The Morgan fingerprint density at radius 2 is 1.43 bits per heavy atom. The molecule has 2 bridgehead atoms. The molecule has 3 aliphatic carbocycles. The summed E-state index contributed by atoms with van der Waals surface area (Å²) < 4.78 is 0. The Bertz CT molecular complexity index is 1420. The lowest BCUT2D eigenvalue weighted by atomic mass is 9.83. The quantitative estimate of drug-likeness (QED) is 0.433. The predicted octanol–water partition coefficient (Wildman–Crippen LogP) is 8.07. The fourth-order valence-electron chi connectivity index (χ4n) is 5.83. The Hall–Kier alpha value is -2.60. The maximum absolute atomic E-state index is 2.52. The van der Waals surface area contributed by atoms with E-state index in [0.29, 0.717) is 17.8 Å². The SMILES string of the molecule is CC(C)C1=CCC2=c3c(cc(C(C)(C)C)cc3=C1)C1=CC(C(C)C)=Cc3cc(C(C)C)cc2c3C1. The standard InChI is InChI=1S/C35H42/c1-20(2)23-10-11-30-33-17-25(22(5)6)15-26-13-24(21(3)4)14-27(18-31(26)33)32-19-29(35(7,8)9)16-28(12-23)34(30)32/h10,12-17,19-22H,11,18H2,1-9H3.